The van der Waals surface area contributed by atoms with Gasteiger partial charge in [-0.25, -0.2) is 9.48 Å². The summed E-state index contributed by atoms with van der Waals surface area (Å²) >= 11 is 0. The fourth-order valence-corrected chi connectivity index (χ4v) is 3.63. The predicted octanol–water partition coefficient (Wildman–Crippen LogP) is 6.07. The lowest BCUT2D eigenvalue weighted by molar-refractivity contribution is -0.154. The number of halogens is 3. The van der Waals surface area contributed by atoms with Gasteiger partial charge in [0.1, 0.15) is 23.7 Å². The molecule has 2 aromatic heterocycles. The summed E-state index contributed by atoms with van der Waals surface area (Å²) in [6, 6.07) is 17.8. The van der Waals surface area contributed by atoms with E-state index in [1.54, 1.807) is 17.1 Å². The molecule has 38 heavy (non-hydrogen) atoms. The molecule has 0 aliphatic heterocycles. The number of nitrogens with zero attached hydrogens (tertiary/aromatic N) is 2. The third-order valence-corrected chi connectivity index (χ3v) is 5.46. The second kappa shape index (κ2) is 9.77. The first kappa shape index (κ1) is 24.6. The summed E-state index contributed by atoms with van der Waals surface area (Å²) in [7, 11) is 0. The molecule has 3 aromatic carbocycles. The van der Waals surface area contributed by atoms with E-state index in [9.17, 15) is 22.8 Å². The van der Waals surface area contributed by atoms with Crippen LogP contribution in [0.4, 0.5) is 13.2 Å². The van der Waals surface area contributed by atoms with Crippen LogP contribution in [-0.2, 0) is 12.8 Å². The number of hydrogen-bond acceptors (Lipinski definition) is 6. The summed E-state index contributed by atoms with van der Waals surface area (Å²) < 4.78 is 58.8. The fourth-order valence-electron chi connectivity index (χ4n) is 3.63. The van der Waals surface area contributed by atoms with E-state index in [-0.39, 0.29) is 34.6 Å². The largest absolute Gasteiger partial charge is 0.489 e. The van der Waals surface area contributed by atoms with Crippen molar-refractivity contribution in [2.75, 3.05) is 0 Å². The highest BCUT2D eigenvalue weighted by molar-refractivity contribution is 5.87. The summed E-state index contributed by atoms with van der Waals surface area (Å²) in [5.74, 6) is -3.87. The number of fused-ring (bicyclic) bond motifs is 1. The van der Waals surface area contributed by atoms with Gasteiger partial charge < -0.3 is 19.0 Å². The second-order valence-corrected chi connectivity index (χ2v) is 8.09. The van der Waals surface area contributed by atoms with Crippen molar-refractivity contribution >= 4 is 16.9 Å². The fraction of sp³-hybridized carbons (Fsp3) is 0.0741. The van der Waals surface area contributed by atoms with Gasteiger partial charge >= 0.3 is 12.1 Å². The Morgan fingerprint density at radius 2 is 1.71 bits per heavy atom. The molecule has 2 heterocycles. The summed E-state index contributed by atoms with van der Waals surface area (Å²) in [4.78, 5) is 24.1. The van der Waals surface area contributed by atoms with Crippen molar-refractivity contribution in [1.29, 1.82) is 0 Å². The molecule has 5 aromatic rings. The van der Waals surface area contributed by atoms with Crippen molar-refractivity contribution in [3.05, 3.63) is 112 Å². The van der Waals surface area contributed by atoms with Crippen LogP contribution in [-0.4, -0.2) is 20.9 Å². The minimum absolute atomic E-state index is 0.0869. The second-order valence-electron chi connectivity index (χ2n) is 8.09. The Labute approximate surface area is 212 Å². The number of rotatable bonds is 7. The number of carboxylic acids is 1. The van der Waals surface area contributed by atoms with E-state index in [1.165, 1.54) is 18.2 Å². The quantitative estimate of drug-likeness (QED) is 0.277. The predicted molar refractivity (Wildman–Crippen MR) is 129 cm³/mol. The average Bonchev–Trinajstić information content (AvgIpc) is 3.38. The normalized spacial score (nSPS) is 11.4. The number of alkyl halides is 3. The zero-order valence-electron chi connectivity index (χ0n) is 19.3. The van der Waals surface area contributed by atoms with Crippen molar-refractivity contribution in [2.45, 2.75) is 12.8 Å². The smallest absolute Gasteiger partial charge is 0.453 e. The molecular formula is C27H17F3N2O6. The van der Waals surface area contributed by atoms with Crippen LogP contribution >= 0.6 is 0 Å². The Balaban J connectivity index is 1.44. The van der Waals surface area contributed by atoms with Gasteiger partial charge in [0.05, 0.1) is 22.8 Å². The molecule has 1 N–H and O–H groups in total. The van der Waals surface area contributed by atoms with E-state index in [1.807, 2.05) is 30.3 Å². The number of para-hydroxylation sites is 1. The topological polar surface area (TPSA) is 104 Å². The first-order valence-electron chi connectivity index (χ1n) is 11.1. The van der Waals surface area contributed by atoms with E-state index in [2.05, 4.69) is 5.10 Å². The summed E-state index contributed by atoms with van der Waals surface area (Å²) in [6.07, 6.45) is -1.65. The van der Waals surface area contributed by atoms with Gasteiger partial charge in [-0.15, -0.1) is 0 Å². The van der Waals surface area contributed by atoms with Crippen LogP contribution in [0.15, 0.2) is 94.4 Å². The summed E-state index contributed by atoms with van der Waals surface area (Å²) in [5.41, 5.74) is 0.105. The van der Waals surface area contributed by atoms with Gasteiger partial charge in [0.2, 0.25) is 11.2 Å². The standard InChI is InChI=1S/C27H17F3N2O6/c28-27(29,30)25-24(37-19-8-6-17(7-9-19)26(34)35)23(33)21-12-20(10-11-22(21)38-25)36-15-16-13-31-32(14-16)18-4-2-1-3-5-18/h1-14H,15H2,(H,34,35). The van der Waals surface area contributed by atoms with Gasteiger partial charge in [-0.05, 0) is 54.6 Å². The van der Waals surface area contributed by atoms with Crippen LogP contribution < -0.4 is 14.9 Å². The van der Waals surface area contributed by atoms with Crippen molar-refractivity contribution in [3.63, 3.8) is 0 Å². The van der Waals surface area contributed by atoms with Crippen LogP contribution in [0.3, 0.4) is 0 Å². The highest BCUT2D eigenvalue weighted by Gasteiger charge is 2.40. The number of aromatic carboxylic acids is 1. The molecule has 192 valence electrons. The van der Waals surface area contributed by atoms with E-state index in [0.717, 1.165) is 35.5 Å². The van der Waals surface area contributed by atoms with E-state index >= 15 is 0 Å². The number of hydrogen-bond donors (Lipinski definition) is 1. The first-order valence-corrected chi connectivity index (χ1v) is 11.1. The maximum atomic E-state index is 13.7. The maximum absolute atomic E-state index is 13.7. The molecule has 5 rings (SSSR count). The highest BCUT2D eigenvalue weighted by atomic mass is 19.4. The minimum Gasteiger partial charge on any atom is -0.489 e. The van der Waals surface area contributed by atoms with E-state index < -0.39 is 29.1 Å². The first-order chi connectivity index (χ1) is 18.2. The van der Waals surface area contributed by atoms with Gasteiger partial charge in [-0.3, -0.25) is 4.79 Å². The Morgan fingerprint density at radius 3 is 2.39 bits per heavy atom. The van der Waals surface area contributed by atoms with Crippen LogP contribution in [0, 0.1) is 0 Å². The van der Waals surface area contributed by atoms with Crippen LogP contribution in [0.5, 0.6) is 17.2 Å². The Bertz CT molecular complexity index is 1680. The Kier molecular flexibility index (Phi) is 6.33. The Hall–Kier alpha value is -5.06. The number of benzene rings is 3. The van der Waals surface area contributed by atoms with Crippen molar-refractivity contribution in [1.82, 2.24) is 9.78 Å². The van der Waals surface area contributed by atoms with Gasteiger partial charge in [-0.1, -0.05) is 18.2 Å². The molecule has 0 spiro atoms. The third kappa shape index (κ3) is 5.07. The molecule has 0 aliphatic carbocycles. The molecule has 0 amide bonds. The zero-order chi connectivity index (χ0) is 26.9. The molecule has 0 radical (unpaired) electrons. The van der Waals surface area contributed by atoms with Gasteiger partial charge in [0.25, 0.3) is 5.76 Å². The maximum Gasteiger partial charge on any atom is 0.453 e. The lowest BCUT2D eigenvalue weighted by Crippen LogP contribution is -2.15. The third-order valence-electron chi connectivity index (χ3n) is 5.46. The summed E-state index contributed by atoms with van der Waals surface area (Å²) in [6.45, 7) is 0.0869. The van der Waals surface area contributed by atoms with Crippen LogP contribution in [0.2, 0.25) is 0 Å². The summed E-state index contributed by atoms with van der Waals surface area (Å²) in [5, 5.41) is 13.1. The van der Waals surface area contributed by atoms with E-state index in [0.29, 0.717) is 0 Å². The van der Waals surface area contributed by atoms with E-state index in [4.69, 9.17) is 19.0 Å². The van der Waals surface area contributed by atoms with Crippen LogP contribution in [0.1, 0.15) is 21.7 Å². The molecular weight excluding hydrogens is 505 g/mol. The molecule has 0 bridgehead atoms. The zero-order valence-corrected chi connectivity index (χ0v) is 19.3. The molecule has 11 heteroatoms. The van der Waals surface area contributed by atoms with Gasteiger partial charge in [0.15, 0.2) is 0 Å². The molecule has 8 nitrogen and oxygen atoms in total. The van der Waals surface area contributed by atoms with Gasteiger partial charge in [-0.2, -0.15) is 18.3 Å². The highest BCUT2D eigenvalue weighted by Crippen LogP contribution is 2.38. The van der Waals surface area contributed by atoms with Gasteiger partial charge in [0, 0.05) is 11.8 Å². The monoisotopic (exact) mass is 522 g/mol. The minimum atomic E-state index is -5.03. The molecule has 0 saturated heterocycles. The number of carbonyl (C=O) groups is 1. The molecule has 0 saturated carbocycles. The molecule has 0 fully saturated rings. The number of aromatic nitrogens is 2. The molecule has 0 unspecified atom stereocenters. The van der Waals surface area contributed by atoms with Crippen molar-refractivity contribution < 1.29 is 37.0 Å². The van der Waals surface area contributed by atoms with Crippen molar-refractivity contribution in [3.8, 4) is 22.9 Å². The molecule has 0 aliphatic rings. The number of carboxylic acid groups (broad SMARTS) is 1. The van der Waals surface area contributed by atoms with Crippen LogP contribution in [0.25, 0.3) is 16.7 Å². The van der Waals surface area contributed by atoms with Crippen molar-refractivity contribution in [2.24, 2.45) is 0 Å². The Morgan fingerprint density at radius 1 is 1.00 bits per heavy atom. The SMILES string of the molecule is O=C(O)c1ccc(Oc2c(C(F)(F)F)oc3ccc(OCc4cnn(-c5ccccc5)c4)cc3c2=O)cc1. The lowest BCUT2D eigenvalue weighted by atomic mass is 10.2. The number of ether oxygens (including phenoxy) is 2. The average molecular weight is 522 g/mol. The molecule has 0 atom stereocenters. The lowest BCUT2D eigenvalue weighted by Gasteiger charge is -2.14.